The van der Waals surface area contributed by atoms with Crippen molar-refractivity contribution in [1.82, 2.24) is 30.2 Å². The van der Waals surface area contributed by atoms with Gasteiger partial charge in [0.05, 0.1) is 35.4 Å². The van der Waals surface area contributed by atoms with E-state index >= 15 is 0 Å². The van der Waals surface area contributed by atoms with Crippen LogP contribution in [-0.4, -0.2) is 50.6 Å². The number of aromatic amines is 1. The van der Waals surface area contributed by atoms with Gasteiger partial charge in [-0.25, -0.2) is 9.38 Å². The van der Waals surface area contributed by atoms with Crippen LogP contribution in [0.15, 0.2) is 72.0 Å². The van der Waals surface area contributed by atoms with Crippen LogP contribution in [0.5, 0.6) is 0 Å². The minimum absolute atomic E-state index is 0.0641. The van der Waals surface area contributed by atoms with E-state index in [0.29, 0.717) is 46.7 Å². The zero-order valence-corrected chi connectivity index (χ0v) is 23.3. The summed E-state index contributed by atoms with van der Waals surface area (Å²) in [6.07, 6.45) is 6.02. The monoisotopic (exact) mass is 577 g/mol. The molecule has 5 N–H and O–H groups in total. The lowest BCUT2D eigenvalue weighted by Crippen LogP contribution is -2.35. The molecule has 1 aliphatic rings. The minimum Gasteiger partial charge on any atom is -0.369 e. The largest absolute Gasteiger partial charge is 0.369 e. The Bertz CT molecular complexity index is 1970. The highest BCUT2D eigenvalue weighted by atomic mass is 16.5. The number of carbonyl (C=O) groups excluding carboxylic acids is 2. The van der Waals surface area contributed by atoms with Crippen LogP contribution in [0.3, 0.4) is 0 Å². The van der Waals surface area contributed by atoms with Crippen molar-refractivity contribution in [3.8, 4) is 17.5 Å². The molecule has 2 amide bonds. The van der Waals surface area contributed by atoms with Crippen molar-refractivity contribution >= 4 is 34.2 Å². The van der Waals surface area contributed by atoms with E-state index in [1.807, 2.05) is 18.2 Å². The van der Waals surface area contributed by atoms with Gasteiger partial charge in [0.25, 0.3) is 11.5 Å². The summed E-state index contributed by atoms with van der Waals surface area (Å²) >= 11 is 0. The molecule has 1 aliphatic heterocycles. The second-order valence-corrected chi connectivity index (χ2v) is 10.1. The van der Waals surface area contributed by atoms with Crippen molar-refractivity contribution in [2.45, 2.75) is 31.9 Å². The zero-order chi connectivity index (χ0) is 29.9. The van der Waals surface area contributed by atoms with Gasteiger partial charge in [-0.15, -0.1) is 0 Å². The molecule has 0 spiro atoms. The van der Waals surface area contributed by atoms with Crippen LogP contribution >= 0.6 is 0 Å². The lowest BCUT2D eigenvalue weighted by molar-refractivity contribution is -0.513. The van der Waals surface area contributed by atoms with E-state index < -0.39 is 18.1 Å². The highest BCUT2D eigenvalue weighted by Crippen LogP contribution is 2.21. The van der Waals surface area contributed by atoms with Crippen molar-refractivity contribution in [1.29, 1.82) is 0 Å². The first-order chi connectivity index (χ1) is 20.9. The average molecular weight is 578 g/mol. The normalized spacial score (nSPS) is 15.1. The number of para-hydroxylation sites is 1. The number of nitrogen functional groups attached to an aromatic ring is 1. The number of H-pyrrole nitrogens is 1. The molecule has 2 atom stereocenters. The Morgan fingerprint density at radius 1 is 1.23 bits per heavy atom. The van der Waals surface area contributed by atoms with Crippen LogP contribution < -0.4 is 26.3 Å². The Hall–Kier alpha value is -5.54. The van der Waals surface area contributed by atoms with Crippen molar-refractivity contribution in [3.63, 3.8) is 0 Å². The van der Waals surface area contributed by atoms with Gasteiger partial charge in [-0.3, -0.25) is 23.9 Å². The molecule has 216 valence electrons. The first-order valence-corrected chi connectivity index (χ1v) is 13.9. The molecule has 2 unspecified atom stereocenters. The number of hydrogen-bond acceptors (Lipinski definition) is 7. The summed E-state index contributed by atoms with van der Waals surface area (Å²) in [6, 6.07) is 13.6. The fraction of sp³-hybridized carbons (Fsp3) is 0.226. The quantitative estimate of drug-likeness (QED) is 0.176. The predicted molar refractivity (Wildman–Crippen MR) is 158 cm³/mol. The molecule has 12 heteroatoms. The van der Waals surface area contributed by atoms with Gasteiger partial charge >= 0.3 is 0 Å². The Balaban J connectivity index is 1.37. The average Bonchev–Trinajstić information content (AvgIpc) is 3.72. The maximum Gasteiger partial charge on any atom is 0.267 e. The van der Waals surface area contributed by atoms with E-state index in [4.69, 9.17) is 15.5 Å². The maximum atomic E-state index is 14.2. The number of rotatable bonds is 6. The van der Waals surface area contributed by atoms with Gasteiger partial charge in [0.15, 0.2) is 5.56 Å². The Morgan fingerprint density at radius 3 is 2.86 bits per heavy atom. The third-order valence-corrected chi connectivity index (χ3v) is 7.22. The van der Waals surface area contributed by atoms with Gasteiger partial charge in [-0.05, 0) is 44.0 Å². The van der Waals surface area contributed by atoms with Crippen LogP contribution in [0.4, 0.5) is 5.82 Å². The lowest BCUT2D eigenvalue weighted by Gasteiger charge is -2.20. The fourth-order valence-electron chi connectivity index (χ4n) is 5.15. The third kappa shape index (κ3) is 5.41. The Morgan fingerprint density at radius 2 is 2.07 bits per heavy atom. The summed E-state index contributed by atoms with van der Waals surface area (Å²) in [5.74, 6) is 5.68. The van der Waals surface area contributed by atoms with Crippen LogP contribution in [0.25, 0.3) is 22.2 Å². The first kappa shape index (κ1) is 27.6. The first-order valence-electron chi connectivity index (χ1n) is 13.9. The predicted octanol–water partition coefficient (Wildman–Crippen LogP) is 1.57. The summed E-state index contributed by atoms with van der Waals surface area (Å²) in [4.78, 5) is 51.8. The molecule has 0 radical (unpaired) electrons. The van der Waals surface area contributed by atoms with E-state index in [9.17, 15) is 14.4 Å². The second-order valence-electron chi connectivity index (χ2n) is 10.1. The number of hydrogen-bond donors (Lipinski definition) is 4. The number of ether oxygens (including phenoxy) is 1. The number of benzene rings is 2. The molecule has 0 bridgehead atoms. The van der Waals surface area contributed by atoms with Gasteiger partial charge in [-0.1, -0.05) is 41.1 Å². The summed E-state index contributed by atoms with van der Waals surface area (Å²) < 4.78 is 8.54. The number of amides is 2. The van der Waals surface area contributed by atoms with Gasteiger partial charge < -0.3 is 21.1 Å². The number of anilines is 1. The number of nitrogens with zero attached hydrogens (tertiary/aromatic N) is 4. The van der Waals surface area contributed by atoms with Gasteiger partial charge in [0.2, 0.25) is 23.7 Å². The molecule has 12 nitrogen and oxygen atoms in total. The molecule has 2 aromatic carbocycles. The molecule has 5 aromatic rings. The van der Waals surface area contributed by atoms with Gasteiger partial charge in [-0.2, -0.15) is 0 Å². The van der Waals surface area contributed by atoms with E-state index in [1.54, 1.807) is 54.0 Å². The van der Waals surface area contributed by atoms with E-state index in [2.05, 4.69) is 32.4 Å². The third-order valence-electron chi connectivity index (χ3n) is 7.22. The summed E-state index contributed by atoms with van der Waals surface area (Å²) in [5.41, 5.74) is 7.87. The Labute approximate surface area is 245 Å². The highest BCUT2D eigenvalue weighted by molar-refractivity contribution is 6.03. The fourth-order valence-corrected chi connectivity index (χ4v) is 5.15. The molecule has 43 heavy (non-hydrogen) atoms. The molecular weight excluding hydrogens is 548 g/mol. The smallest absolute Gasteiger partial charge is 0.267 e. The number of aromatic nitrogens is 5. The van der Waals surface area contributed by atoms with E-state index in [-0.39, 0.29) is 29.4 Å². The highest BCUT2D eigenvalue weighted by Gasteiger charge is 2.26. The molecule has 1 saturated heterocycles. The lowest BCUT2D eigenvalue weighted by atomic mass is 10.1. The number of nitrogens with two attached hydrogens (primary N) is 1. The zero-order valence-electron chi connectivity index (χ0n) is 23.3. The Kier molecular flexibility index (Phi) is 7.55. The van der Waals surface area contributed by atoms with E-state index in [0.717, 1.165) is 6.42 Å². The van der Waals surface area contributed by atoms with Crippen LogP contribution in [-0.2, 0) is 9.53 Å². The van der Waals surface area contributed by atoms with Gasteiger partial charge in [0.1, 0.15) is 18.1 Å². The summed E-state index contributed by atoms with van der Waals surface area (Å²) in [5, 5.41) is 6.03. The summed E-state index contributed by atoms with van der Waals surface area (Å²) in [6.45, 7) is 2.44. The molecular formula is C31H29N8O4+. The van der Waals surface area contributed by atoms with Crippen molar-refractivity contribution in [2.24, 2.45) is 0 Å². The molecule has 0 saturated carbocycles. The number of nitrogens with one attached hydrogen (secondary N) is 3. The number of fused-ring (bicyclic) bond motifs is 2. The van der Waals surface area contributed by atoms with Crippen molar-refractivity contribution in [3.05, 3.63) is 94.6 Å². The summed E-state index contributed by atoms with van der Waals surface area (Å²) in [7, 11) is 0. The SMILES string of the molecule is CC(NC(=O)c1c(N)nc[n+]2cc[nH]c12)c1nc2cccc(C#CCNC(=O)C3CCCO3)c2c(=O)n1-c1ccccc1. The van der Waals surface area contributed by atoms with Crippen LogP contribution in [0.1, 0.15) is 47.6 Å². The molecule has 0 aliphatic carbocycles. The number of carbonyl (C=O) groups is 2. The standard InChI is InChI=1S/C31H28N8O4/c1-19(36-30(41)25-26(32)35-18-38-16-15-33-28(25)38)27-37-22-12-5-8-20(9-6-14-34-29(40)23-13-7-17-43-23)24(22)31(42)39(27)21-10-3-2-4-11-21/h2-5,8,10-12,15-16,18-19,23H,7,13-14,17H2,1H3,(H4,32,33,34,36,40,41)/p+1. The molecule has 1 fully saturated rings. The van der Waals surface area contributed by atoms with Crippen LogP contribution in [0.2, 0.25) is 0 Å². The van der Waals surface area contributed by atoms with E-state index in [1.165, 1.54) is 10.9 Å². The second kappa shape index (κ2) is 11.8. The van der Waals surface area contributed by atoms with Gasteiger partial charge in [0, 0.05) is 12.2 Å². The molecule has 6 rings (SSSR count). The molecule has 4 heterocycles. The van der Waals surface area contributed by atoms with Crippen LogP contribution in [0, 0.1) is 11.8 Å². The van der Waals surface area contributed by atoms with Crippen molar-refractivity contribution in [2.75, 3.05) is 18.9 Å². The number of imidazole rings is 1. The topological polar surface area (TPSA) is 161 Å². The molecule has 3 aromatic heterocycles. The minimum atomic E-state index is -0.706. The maximum absolute atomic E-state index is 14.2. The van der Waals surface area contributed by atoms with Crippen molar-refractivity contribution < 1.29 is 18.7 Å².